The van der Waals surface area contributed by atoms with Gasteiger partial charge < -0.3 is 48.8 Å². The van der Waals surface area contributed by atoms with Crippen molar-refractivity contribution in [3.8, 4) is 22.3 Å². The van der Waals surface area contributed by atoms with Gasteiger partial charge in [0.15, 0.2) is 0 Å². The number of methoxy groups -OCH3 is 3. The minimum atomic E-state index is -3.71. The van der Waals surface area contributed by atoms with Crippen molar-refractivity contribution in [2.24, 2.45) is 0 Å². The maximum absolute atomic E-state index is 11.8. The summed E-state index contributed by atoms with van der Waals surface area (Å²) < 4.78 is 86.3. The number of ether oxygens (including phenoxy) is 10. The molecule has 1 heterocycles. The van der Waals surface area contributed by atoms with Gasteiger partial charge in [-0.2, -0.15) is 8.42 Å². The minimum absolute atomic E-state index is 0. The van der Waals surface area contributed by atoms with Crippen LogP contribution in [0.25, 0.3) is 22.3 Å². The van der Waals surface area contributed by atoms with E-state index < -0.39 is 10.1 Å². The summed E-state index contributed by atoms with van der Waals surface area (Å²) in [6.45, 7) is 11.8. The number of benzene rings is 5. The molecule has 5 aromatic rings. The summed E-state index contributed by atoms with van der Waals surface area (Å²) in [7, 11) is 1.24. The molecule has 0 aromatic heterocycles. The fraction of sp³-hybridized carbons (Fsp3) is 0.483. The second-order valence-electron chi connectivity index (χ2n) is 17.8. The normalized spacial score (nSPS) is 13.4. The number of hydrogen-bond donors (Lipinski definition) is 0. The molecule has 0 unspecified atom stereocenters. The van der Waals surface area contributed by atoms with E-state index in [4.69, 9.17) is 51.6 Å². The monoisotopic (exact) mass is 1350 g/mol. The van der Waals surface area contributed by atoms with Crippen molar-refractivity contribution in [1.29, 1.82) is 0 Å². The molecular formula is C58H75Br4NaO13S. The molecule has 0 atom stereocenters. The first-order valence-electron chi connectivity index (χ1n) is 25.6. The molecule has 8 rings (SSSR count). The van der Waals surface area contributed by atoms with Crippen molar-refractivity contribution in [2.75, 3.05) is 140 Å². The third-order valence-corrected chi connectivity index (χ3v) is 15.8. The minimum Gasteiger partial charge on any atom is -1.00 e. The molecule has 1 saturated heterocycles. The Morgan fingerprint density at radius 1 is 0.468 bits per heavy atom. The van der Waals surface area contributed by atoms with Crippen LogP contribution < -0.4 is 29.6 Å². The summed E-state index contributed by atoms with van der Waals surface area (Å²) in [5.41, 5.74) is 11.6. The summed E-state index contributed by atoms with van der Waals surface area (Å²) in [4.78, 5) is 0.149. The van der Waals surface area contributed by atoms with Gasteiger partial charge in [-0.15, -0.1) is 0 Å². The maximum Gasteiger partial charge on any atom is 1.00 e. The van der Waals surface area contributed by atoms with Gasteiger partial charge in [0, 0.05) is 71.1 Å². The van der Waals surface area contributed by atoms with E-state index in [0.29, 0.717) is 92.5 Å². The Morgan fingerprint density at radius 3 is 1.19 bits per heavy atom. The van der Waals surface area contributed by atoms with Crippen molar-refractivity contribution < 1.29 is 91.0 Å². The van der Waals surface area contributed by atoms with Crippen LogP contribution >= 0.6 is 63.7 Å². The average molecular weight is 1350 g/mol. The summed E-state index contributed by atoms with van der Waals surface area (Å²) in [6, 6.07) is 32.7. The zero-order valence-electron chi connectivity index (χ0n) is 46.2. The van der Waals surface area contributed by atoms with E-state index in [1.807, 2.05) is 6.92 Å². The van der Waals surface area contributed by atoms with Crippen LogP contribution in [-0.4, -0.2) is 149 Å². The van der Waals surface area contributed by atoms with E-state index in [2.05, 4.69) is 137 Å². The molecule has 420 valence electrons. The molecule has 0 saturated carbocycles. The molecule has 77 heavy (non-hydrogen) atoms. The first kappa shape index (κ1) is 68.0. The molecule has 1 aliphatic heterocycles. The van der Waals surface area contributed by atoms with Crippen molar-refractivity contribution >= 4 is 73.8 Å². The largest absolute Gasteiger partial charge is 1.00 e. The van der Waals surface area contributed by atoms with Crippen molar-refractivity contribution in [2.45, 2.75) is 49.3 Å². The Bertz CT molecular complexity index is 2450. The number of fused-ring (bicyclic) bond motifs is 6. The Balaban J connectivity index is 0.000000313. The third-order valence-electron chi connectivity index (χ3n) is 12.5. The molecular weight excluding hydrogens is 1280 g/mol. The summed E-state index contributed by atoms with van der Waals surface area (Å²) in [5.74, 6) is 0. The average Bonchev–Trinajstić information content (AvgIpc) is 4.33. The molecule has 0 amide bonds. The van der Waals surface area contributed by atoms with Crippen molar-refractivity contribution in [3.05, 3.63) is 143 Å². The molecule has 1 fully saturated rings. The molecule has 5 aromatic carbocycles. The van der Waals surface area contributed by atoms with Crippen LogP contribution in [-0.2, 0) is 73.5 Å². The van der Waals surface area contributed by atoms with Gasteiger partial charge in [0.25, 0.3) is 10.1 Å². The van der Waals surface area contributed by atoms with E-state index in [1.54, 1.807) is 33.5 Å². The summed E-state index contributed by atoms with van der Waals surface area (Å²) >= 11 is 14.4. The zero-order chi connectivity index (χ0) is 54.4. The van der Waals surface area contributed by atoms with Crippen molar-refractivity contribution in [3.63, 3.8) is 0 Å². The SMILES string of the molecule is Brc1ccc2c(c1)Cc1cc(Br)ccc1-2.C1CCOC1.COCCOCCOCCC1(CCOCCOCCOC)c2cc(Br)ccc2-c2ccc(Br)cc21.COCCOCCOCCOS(=O)(=O)c1ccc(C)cc1.[H-].[Na+]. The van der Waals surface area contributed by atoms with Crippen LogP contribution in [0.15, 0.2) is 120 Å². The standard InChI is InChI=1S/C27H36Br2O6.C14H22O6S.C13H8Br2.C4H8O.Na.H/c1-30-11-13-34-17-15-32-9-7-27(8-10-33-16-18-35-14-12-31-2)25-19-21(28)3-5-23(25)24-6-4-22(29)20-26(24)27;1-13-3-5-14(6-4-13)21(15,16)20-12-11-19-10-9-18-8-7-17-2;14-10-1-3-12-8(6-10)5-9-7-11(15)2-4-13(9)12;1-2-4-5-3-1;;/h3-6,19-20H,7-18H2,1-2H3;3-6H,7-12H2,1-2H3;1-4,6-7H,5H2;1-4H2;;/q;;;;+1;-1. The van der Waals surface area contributed by atoms with Crippen molar-refractivity contribution in [1.82, 2.24) is 0 Å². The zero-order valence-corrected chi connectivity index (χ0v) is 54.4. The van der Waals surface area contributed by atoms with Crippen LogP contribution in [0.2, 0.25) is 0 Å². The molecule has 0 N–H and O–H groups in total. The summed E-state index contributed by atoms with van der Waals surface area (Å²) in [6.07, 6.45) is 5.31. The smallest absolute Gasteiger partial charge is 1.00 e. The number of halogens is 4. The fourth-order valence-corrected chi connectivity index (χ4v) is 11.1. The Labute approximate surface area is 514 Å². The van der Waals surface area contributed by atoms with Gasteiger partial charge in [-0.3, -0.25) is 4.18 Å². The molecule has 2 aliphatic carbocycles. The van der Waals surface area contributed by atoms with E-state index in [1.165, 1.54) is 69.5 Å². The molecule has 3 aliphatic rings. The van der Waals surface area contributed by atoms with Crippen LogP contribution in [0, 0.1) is 6.92 Å². The van der Waals surface area contributed by atoms with Gasteiger partial charge in [0.05, 0.1) is 97.4 Å². The number of aryl methyl sites for hydroxylation is 1. The molecule has 0 bridgehead atoms. The van der Waals surface area contributed by atoms with Gasteiger partial charge in [0.1, 0.15) is 0 Å². The first-order chi connectivity index (χ1) is 36.9. The van der Waals surface area contributed by atoms with E-state index in [9.17, 15) is 8.42 Å². The fourth-order valence-electron chi connectivity index (χ4n) is 8.62. The summed E-state index contributed by atoms with van der Waals surface area (Å²) in [5, 5.41) is 0. The first-order valence-corrected chi connectivity index (χ1v) is 30.1. The molecule has 19 heteroatoms. The Hall–Kier alpha value is -1.47. The number of rotatable bonds is 29. The van der Waals surface area contributed by atoms with Gasteiger partial charge >= 0.3 is 29.6 Å². The quantitative estimate of drug-likeness (QED) is 0.0251. The molecule has 0 radical (unpaired) electrons. The van der Waals surface area contributed by atoms with Crippen LogP contribution in [0.3, 0.4) is 0 Å². The predicted molar refractivity (Wildman–Crippen MR) is 313 cm³/mol. The van der Waals surface area contributed by atoms with Gasteiger partial charge in [0.2, 0.25) is 0 Å². The number of hydrogen-bond acceptors (Lipinski definition) is 13. The van der Waals surface area contributed by atoms with E-state index in [-0.39, 0.29) is 54.5 Å². The van der Waals surface area contributed by atoms with Gasteiger partial charge in [-0.1, -0.05) is 106 Å². The van der Waals surface area contributed by atoms with Gasteiger partial charge in [-0.05, 0) is 144 Å². The van der Waals surface area contributed by atoms with Crippen LogP contribution in [0.4, 0.5) is 0 Å². The van der Waals surface area contributed by atoms with E-state index in [0.717, 1.165) is 55.9 Å². The second kappa shape index (κ2) is 38.3. The topological polar surface area (TPSA) is 136 Å². The van der Waals surface area contributed by atoms with Crippen LogP contribution in [0.5, 0.6) is 0 Å². The third kappa shape index (κ3) is 23.4. The maximum atomic E-state index is 11.8. The molecule has 13 nitrogen and oxygen atoms in total. The predicted octanol–water partition coefficient (Wildman–Crippen LogP) is 9.69. The van der Waals surface area contributed by atoms with Gasteiger partial charge in [-0.25, -0.2) is 0 Å². The Kier molecular flexibility index (Phi) is 33.9. The molecule has 0 spiro atoms. The van der Waals surface area contributed by atoms with E-state index >= 15 is 0 Å². The second-order valence-corrected chi connectivity index (χ2v) is 23.1. The van der Waals surface area contributed by atoms with Crippen LogP contribution in [0.1, 0.15) is 54.9 Å². The Morgan fingerprint density at radius 2 is 0.818 bits per heavy atom.